The van der Waals surface area contributed by atoms with Crippen LogP contribution in [-0.2, 0) is 4.79 Å². The molecule has 1 fully saturated rings. The molecule has 0 spiro atoms. The zero-order valence-electron chi connectivity index (χ0n) is 11.3. The first-order valence-corrected chi connectivity index (χ1v) is 6.94. The molecular formula is C13H27N3O. The first-order valence-electron chi connectivity index (χ1n) is 6.94. The highest BCUT2D eigenvalue weighted by atomic mass is 16.2. The van der Waals surface area contributed by atoms with Gasteiger partial charge in [-0.1, -0.05) is 0 Å². The highest BCUT2D eigenvalue weighted by Crippen LogP contribution is 2.20. The lowest BCUT2D eigenvalue weighted by Gasteiger charge is -2.27. The summed E-state index contributed by atoms with van der Waals surface area (Å²) in [6, 6.07) is 0.582. The molecule has 0 aromatic rings. The lowest BCUT2D eigenvalue weighted by Crippen LogP contribution is -2.42. The summed E-state index contributed by atoms with van der Waals surface area (Å²) < 4.78 is 0. The van der Waals surface area contributed by atoms with Crippen molar-refractivity contribution in [3.8, 4) is 0 Å². The molecule has 1 saturated heterocycles. The van der Waals surface area contributed by atoms with Gasteiger partial charge in [0.05, 0.1) is 6.54 Å². The maximum Gasteiger partial charge on any atom is 0.236 e. The van der Waals surface area contributed by atoms with Gasteiger partial charge in [0.2, 0.25) is 5.91 Å². The molecule has 1 heterocycles. The number of carbonyl (C=O) groups is 1. The maximum absolute atomic E-state index is 12.0. The third-order valence-corrected chi connectivity index (χ3v) is 3.70. The number of nitrogens with two attached hydrogens (primary N) is 1. The van der Waals surface area contributed by atoms with Crippen LogP contribution >= 0.6 is 0 Å². The Morgan fingerprint density at radius 2 is 2.12 bits per heavy atom. The van der Waals surface area contributed by atoms with Crippen LogP contribution in [0.1, 0.15) is 39.5 Å². The number of likely N-dealkylation sites (tertiary alicyclic amines) is 1. The smallest absolute Gasteiger partial charge is 0.236 e. The number of rotatable bonds is 7. The normalized spacial score (nSPS) is 20.8. The van der Waals surface area contributed by atoms with E-state index in [0.29, 0.717) is 12.6 Å². The van der Waals surface area contributed by atoms with E-state index < -0.39 is 0 Å². The predicted octanol–water partition coefficient (Wildman–Crippen LogP) is 1.06. The van der Waals surface area contributed by atoms with Gasteiger partial charge in [0.1, 0.15) is 0 Å². The van der Waals surface area contributed by atoms with Crippen LogP contribution in [0.15, 0.2) is 0 Å². The number of hydrogen-bond acceptors (Lipinski definition) is 3. The van der Waals surface area contributed by atoms with Crippen molar-refractivity contribution in [2.45, 2.75) is 45.6 Å². The average molecular weight is 241 g/mol. The Bertz CT molecular complexity index is 229. The fourth-order valence-corrected chi connectivity index (χ4v) is 2.63. The van der Waals surface area contributed by atoms with Crippen molar-refractivity contribution in [2.24, 2.45) is 5.73 Å². The summed E-state index contributed by atoms with van der Waals surface area (Å²) in [5.41, 5.74) is 5.55. The summed E-state index contributed by atoms with van der Waals surface area (Å²) in [5, 5.41) is 0. The van der Waals surface area contributed by atoms with Crippen LogP contribution in [0.3, 0.4) is 0 Å². The Morgan fingerprint density at radius 1 is 1.41 bits per heavy atom. The quantitative estimate of drug-likeness (QED) is 0.725. The zero-order chi connectivity index (χ0) is 12.7. The first kappa shape index (κ1) is 14.5. The largest absolute Gasteiger partial charge is 0.342 e. The molecule has 1 unspecified atom stereocenters. The Kier molecular flexibility index (Phi) is 6.52. The second kappa shape index (κ2) is 7.67. The molecule has 0 radical (unpaired) electrons. The fourth-order valence-electron chi connectivity index (χ4n) is 2.63. The van der Waals surface area contributed by atoms with Gasteiger partial charge >= 0.3 is 0 Å². The molecular weight excluding hydrogens is 214 g/mol. The molecule has 1 amide bonds. The highest BCUT2D eigenvalue weighted by Gasteiger charge is 2.26. The summed E-state index contributed by atoms with van der Waals surface area (Å²) in [6.07, 6.45) is 4.66. The molecule has 1 atom stereocenters. The van der Waals surface area contributed by atoms with Gasteiger partial charge < -0.3 is 10.6 Å². The van der Waals surface area contributed by atoms with E-state index in [2.05, 4.69) is 4.90 Å². The predicted molar refractivity (Wildman–Crippen MR) is 70.8 cm³/mol. The molecule has 17 heavy (non-hydrogen) atoms. The standard InChI is InChI=1S/C13H27N3O/c1-3-15(4-2)13(17)11-16-10-6-8-12(16)7-5-9-14/h12H,3-11,14H2,1-2H3. The second-order valence-electron chi connectivity index (χ2n) is 4.76. The zero-order valence-corrected chi connectivity index (χ0v) is 11.3. The molecule has 0 saturated carbocycles. The lowest BCUT2D eigenvalue weighted by atomic mass is 10.1. The highest BCUT2D eigenvalue weighted by molar-refractivity contribution is 5.78. The SMILES string of the molecule is CCN(CC)C(=O)CN1CCCC1CCCN. The maximum atomic E-state index is 12.0. The third kappa shape index (κ3) is 4.28. The van der Waals surface area contributed by atoms with Crippen molar-refractivity contribution in [1.82, 2.24) is 9.80 Å². The average Bonchev–Trinajstić information content (AvgIpc) is 2.75. The van der Waals surface area contributed by atoms with Crippen LogP contribution in [0.5, 0.6) is 0 Å². The van der Waals surface area contributed by atoms with Crippen LogP contribution < -0.4 is 5.73 Å². The van der Waals surface area contributed by atoms with Crippen molar-refractivity contribution < 1.29 is 4.79 Å². The van der Waals surface area contributed by atoms with E-state index >= 15 is 0 Å². The Labute approximate surface area is 105 Å². The van der Waals surface area contributed by atoms with Crippen LogP contribution in [0, 0.1) is 0 Å². The minimum atomic E-state index is 0.273. The summed E-state index contributed by atoms with van der Waals surface area (Å²) >= 11 is 0. The van der Waals surface area contributed by atoms with Crippen molar-refractivity contribution in [3.05, 3.63) is 0 Å². The lowest BCUT2D eigenvalue weighted by molar-refractivity contribution is -0.132. The first-order chi connectivity index (χ1) is 8.22. The summed E-state index contributed by atoms with van der Waals surface area (Å²) in [5.74, 6) is 0.273. The van der Waals surface area contributed by atoms with E-state index in [1.165, 1.54) is 12.8 Å². The Hall–Kier alpha value is -0.610. The van der Waals surface area contributed by atoms with E-state index in [9.17, 15) is 4.79 Å². The number of likely N-dealkylation sites (N-methyl/N-ethyl adjacent to an activating group) is 1. The molecule has 0 bridgehead atoms. The number of amides is 1. The summed E-state index contributed by atoms with van der Waals surface area (Å²) in [6.45, 7) is 8.13. The molecule has 100 valence electrons. The van der Waals surface area contributed by atoms with Crippen LogP contribution in [0.4, 0.5) is 0 Å². The Morgan fingerprint density at radius 3 is 2.71 bits per heavy atom. The topological polar surface area (TPSA) is 49.6 Å². The fraction of sp³-hybridized carbons (Fsp3) is 0.923. The van der Waals surface area contributed by atoms with Gasteiger partial charge in [-0.05, 0) is 52.6 Å². The molecule has 1 aliphatic rings. The van der Waals surface area contributed by atoms with Crippen molar-refractivity contribution >= 4 is 5.91 Å². The molecule has 0 aliphatic carbocycles. The Balaban J connectivity index is 2.40. The van der Waals surface area contributed by atoms with Gasteiger partial charge in [0.15, 0.2) is 0 Å². The monoisotopic (exact) mass is 241 g/mol. The minimum absolute atomic E-state index is 0.273. The van der Waals surface area contributed by atoms with Gasteiger partial charge in [-0.2, -0.15) is 0 Å². The summed E-state index contributed by atoms with van der Waals surface area (Å²) in [4.78, 5) is 16.3. The van der Waals surface area contributed by atoms with Gasteiger partial charge in [0, 0.05) is 19.1 Å². The van der Waals surface area contributed by atoms with E-state index in [1.54, 1.807) is 0 Å². The van der Waals surface area contributed by atoms with E-state index in [4.69, 9.17) is 5.73 Å². The summed E-state index contributed by atoms with van der Waals surface area (Å²) in [7, 11) is 0. The molecule has 1 rings (SSSR count). The second-order valence-corrected chi connectivity index (χ2v) is 4.76. The molecule has 1 aliphatic heterocycles. The van der Waals surface area contributed by atoms with E-state index in [1.807, 2.05) is 18.7 Å². The molecule has 4 nitrogen and oxygen atoms in total. The van der Waals surface area contributed by atoms with Crippen molar-refractivity contribution in [1.29, 1.82) is 0 Å². The molecule has 0 aromatic carbocycles. The van der Waals surface area contributed by atoms with Gasteiger partial charge in [-0.25, -0.2) is 0 Å². The number of nitrogens with zero attached hydrogens (tertiary/aromatic N) is 2. The molecule has 2 N–H and O–H groups in total. The van der Waals surface area contributed by atoms with Gasteiger partial charge in [-0.15, -0.1) is 0 Å². The van der Waals surface area contributed by atoms with E-state index in [0.717, 1.165) is 39.0 Å². The van der Waals surface area contributed by atoms with Gasteiger partial charge in [0.25, 0.3) is 0 Å². The number of carbonyl (C=O) groups excluding carboxylic acids is 1. The van der Waals surface area contributed by atoms with Crippen molar-refractivity contribution in [2.75, 3.05) is 32.7 Å². The molecule has 0 aromatic heterocycles. The minimum Gasteiger partial charge on any atom is -0.342 e. The van der Waals surface area contributed by atoms with Crippen LogP contribution in [-0.4, -0.2) is 54.5 Å². The van der Waals surface area contributed by atoms with Crippen LogP contribution in [0.2, 0.25) is 0 Å². The van der Waals surface area contributed by atoms with Crippen molar-refractivity contribution in [3.63, 3.8) is 0 Å². The van der Waals surface area contributed by atoms with Crippen LogP contribution in [0.25, 0.3) is 0 Å². The number of hydrogen-bond donors (Lipinski definition) is 1. The third-order valence-electron chi connectivity index (χ3n) is 3.70. The van der Waals surface area contributed by atoms with E-state index in [-0.39, 0.29) is 5.91 Å². The van der Waals surface area contributed by atoms with Gasteiger partial charge in [-0.3, -0.25) is 9.69 Å². The molecule has 4 heteroatoms.